The number of alkyl halides is 3. The third-order valence-electron chi connectivity index (χ3n) is 4.96. The number of nitrogens with zero attached hydrogens (tertiary/aromatic N) is 3. The summed E-state index contributed by atoms with van der Waals surface area (Å²) in [4.78, 5) is 26.3. The normalized spacial score (nSPS) is 23.8. The molecule has 170 valence electrons. The fraction of sp³-hybridized carbons (Fsp3) is 0.368. The summed E-state index contributed by atoms with van der Waals surface area (Å²) in [5, 5.41) is 25.9. The Kier molecular flexibility index (Phi) is 5.95. The number of para-hydroxylation sites is 2. The molecule has 0 spiro atoms. The third kappa shape index (κ3) is 4.64. The average molecular weight is 452 g/mol. The largest absolute Gasteiger partial charge is 0.434 e. The Morgan fingerprint density at radius 3 is 2.72 bits per heavy atom. The van der Waals surface area contributed by atoms with Crippen molar-refractivity contribution in [2.75, 3.05) is 18.5 Å². The van der Waals surface area contributed by atoms with E-state index in [0.29, 0.717) is 17.2 Å². The zero-order chi connectivity index (χ0) is 22.9. The Morgan fingerprint density at radius 2 is 1.97 bits per heavy atom. The van der Waals surface area contributed by atoms with E-state index in [1.165, 1.54) is 0 Å². The van der Waals surface area contributed by atoms with Crippen LogP contribution in [0, 0.1) is 0 Å². The molecule has 2 aromatic heterocycles. The number of benzene rings is 1. The predicted molar refractivity (Wildman–Crippen MR) is 105 cm³/mol. The molecule has 32 heavy (non-hydrogen) atoms. The first-order chi connectivity index (χ1) is 15.2. The van der Waals surface area contributed by atoms with Gasteiger partial charge in [-0.05, 0) is 12.1 Å². The summed E-state index contributed by atoms with van der Waals surface area (Å²) < 4.78 is 43.9. The number of amides is 1. The van der Waals surface area contributed by atoms with Crippen molar-refractivity contribution in [1.29, 1.82) is 0 Å². The number of H-pyrrole nitrogens is 1. The van der Waals surface area contributed by atoms with Crippen LogP contribution in [0.2, 0.25) is 0 Å². The molecule has 1 saturated heterocycles. The lowest BCUT2D eigenvalue weighted by molar-refractivity contribution is -0.141. The summed E-state index contributed by atoms with van der Waals surface area (Å²) in [5.74, 6) is -0.665. The van der Waals surface area contributed by atoms with Crippen LogP contribution in [0.4, 0.5) is 19.0 Å². The van der Waals surface area contributed by atoms with Gasteiger partial charge in [0, 0.05) is 6.54 Å². The fourth-order valence-electron chi connectivity index (χ4n) is 3.29. The van der Waals surface area contributed by atoms with Crippen molar-refractivity contribution >= 4 is 22.8 Å². The maximum Gasteiger partial charge on any atom is 0.434 e. The van der Waals surface area contributed by atoms with Crippen molar-refractivity contribution in [2.24, 2.45) is 0 Å². The number of ether oxygens (including phenoxy) is 1. The van der Waals surface area contributed by atoms with E-state index in [0.717, 1.165) is 6.20 Å². The second kappa shape index (κ2) is 8.68. The van der Waals surface area contributed by atoms with Crippen LogP contribution in [0.3, 0.4) is 0 Å². The number of nitrogens with one attached hydrogen (secondary N) is 3. The summed E-state index contributed by atoms with van der Waals surface area (Å²) >= 11 is 0. The van der Waals surface area contributed by atoms with Crippen LogP contribution in [0.5, 0.6) is 0 Å². The Balaban J connectivity index is 1.34. The Labute approximate surface area is 178 Å². The van der Waals surface area contributed by atoms with Crippen LogP contribution in [0.15, 0.2) is 36.7 Å². The van der Waals surface area contributed by atoms with Crippen LogP contribution < -0.4 is 10.6 Å². The van der Waals surface area contributed by atoms with Gasteiger partial charge in [-0.1, -0.05) is 12.1 Å². The minimum atomic E-state index is -4.67. The van der Waals surface area contributed by atoms with Gasteiger partial charge in [0.2, 0.25) is 0 Å². The number of hydrogen-bond donors (Lipinski definition) is 5. The summed E-state index contributed by atoms with van der Waals surface area (Å²) in [5.41, 5.74) is 0.114. The number of halogens is 3. The summed E-state index contributed by atoms with van der Waals surface area (Å²) in [7, 11) is 0. The minimum Gasteiger partial charge on any atom is -0.388 e. The number of fused-ring (bicyclic) bond motifs is 1. The first kappa shape index (κ1) is 21.9. The van der Waals surface area contributed by atoms with Crippen LogP contribution in [-0.2, 0) is 10.9 Å². The van der Waals surface area contributed by atoms with Crippen molar-refractivity contribution in [1.82, 2.24) is 25.3 Å². The molecule has 1 aliphatic heterocycles. The van der Waals surface area contributed by atoms with E-state index >= 15 is 0 Å². The summed E-state index contributed by atoms with van der Waals surface area (Å²) in [6, 6.07) is 6.16. The number of carbonyl (C=O) groups is 1. The lowest BCUT2D eigenvalue weighted by Crippen LogP contribution is -2.58. The maximum absolute atomic E-state index is 12.8. The number of aliphatic hydroxyl groups is 2. The Bertz CT molecular complexity index is 1070. The molecule has 1 amide bonds. The second-order valence-electron chi connectivity index (χ2n) is 7.20. The van der Waals surface area contributed by atoms with Crippen molar-refractivity contribution in [3.05, 3.63) is 48.2 Å². The first-order valence-electron chi connectivity index (χ1n) is 9.59. The van der Waals surface area contributed by atoms with Gasteiger partial charge in [-0.2, -0.15) is 13.2 Å². The molecule has 1 fully saturated rings. The van der Waals surface area contributed by atoms with Gasteiger partial charge in [0.15, 0.2) is 11.5 Å². The standard InChI is InChI=1S/C19H19F3N6O4/c20-19(21,22)13-6-23-7-14(28-13)25-11-8-32-12(16(30)15(11)29)5-24-18(31)17-26-9-3-1-2-4-10(9)27-17/h1-4,6-7,11-12,15-16,29-30H,5,8H2,(H,24,31)(H,25,28)(H,26,27)/t11-,12+,15+,16-/m0/s1. The molecule has 3 aromatic rings. The van der Waals surface area contributed by atoms with Gasteiger partial charge >= 0.3 is 6.18 Å². The number of imidazole rings is 1. The van der Waals surface area contributed by atoms with Crippen LogP contribution >= 0.6 is 0 Å². The molecule has 0 bridgehead atoms. The van der Waals surface area contributed by atoms with E-state index in [4.69, 9.17) is 4.74 Å². The highest BCUT2D eigenvalue weighted by Gasteiger charge is 2.39. The molecule has 0 saturated carbocycles. The number of aromatic amines is 1. The molecule has 4 atom stereocenters. The van der Waals surface area contributed by atoms with Crippen LogP contribution in [0.25, 0.3) is 11.0 Å². The van der Waals surface area contributed by atoms with Crippen LogP contribution in [0.1, 0.15) is 16.3 Å². The number of aliphatic hydroxyl groups excluding tert-OH is 2. The van der Waals surface area contributed by atoms with E-state index in [1.807, 2.05) is 0 Å². The fourth-order valence-corrected chi connectivity index (χ4v) is 3.29. The molecule has 0 radical (unpaired) electrons. The van der Waals surface area contributed by atoms with Crippen molar-refractivity contribution < 1.29 is 32.9 Å². The molecular formula is C19H19F3N6O4. The van der Waals surface area contributed by atoms with Crippen molar-refractivity contribution in [3.63, 3.8) is 0 Å². The van der Waals surface area contributed by atoms with E-state index < -0.39 is 42.1 Å². The summed E-state index contributed by atoms with van der Waals surface area (Å²) in [6.45, 7) is -0.272. The van der Waals surface area contributed by atoms with E-state index in [9.17, 15) is 28.2 Å². The Morgan fingerprint density at radius 1 is 1.19 bits per heavy atom. The van der Waals surface area contributed by atoms with Gasteiger partial charge in [-0.3, -0.25) is 9.78 Å². The molecule has 10 nitrogen and oxygen atoms in total. The lowest BCUT2D eigenvalue weighted by atomic mass is 9.98. The molecule has 0 unspecified atom stereocenters. The highest BCUT2D eigenvalue weighted by Crippen LogP contribution is 2.28. The summed E-state index contributed by atoms with van der Waals surface area (Å²) in [6.07, 6.45) is -6.79. The molecule has 4 rings (SSSR count). The molecule has 3 heterocycles. The maximum atomic E-state index is 12.8. The quantitative estimate of drug-likeness (QED) is 0.381. The number of aromatic nitrogens is 4. The lowest BCUT2D eigenvalue weighted by Gasteiger charge is -2.38. The van der Waals surface area contributed by atoms with Crippen molar-refractivity contribution in [3.8, 4) is 0 Å². The highest BCUT2D eigenvalue weighted by atomic mass is 19.4. The molecule has 0 aliphatic carbocycles. The zero-order valence-electron chi connectivity index (χ0n) is 16.4. The molecule has 5 N–H and O–H groups in total. The topological polar surface area (TPSA) is 145 Å². The van der Waals surface area contributed by atoms with E-state index in [2.05, 4.69) is 30.6 Å². The van der Waals surface area contributed by atoms with Crippen molar-refractivity contribution in [2.45, 2.75) is 30.5 Å². The van der Waals surface area contributed by atoms with Gasteiger partial charge in [0.1, 0.15) is 24.1 Å². The predicted octanol–water partition coefficient (Wildman–Crippen LogP) is 0.703. The van der Waals surface area contributed by atoms with E-state index in [-0.39, 0.29) is 24.8 Å². The molecule has 13 heteroatoms. The molecule has 1 aliphatic rings. The second-order valence-corrected chi connectivity index (χ2v) is 7.20. The van der Waals surface area contributed by atoms with Crippen LogP contribution in [-0.4, -0.2) is 73.6 Å². The SMILES string of the molecule is O=C(NC[C@H]1OC[C@H](Nc2cncc(C(F)(F)F)n2)[C@@H](O)[C@H]1O)c1nc2ccccc2[nH]1. The van der Waals surface area contributed by atoms with Gasteiger partial charge in [-0.25, -0.2) is 9.97 Å². The molecular weight excluding hydrogens is 433 g/mol. The van der Waals surface area contributed by atoms with Gasteiger partial charge in [0.05, 0.1) is 36.1 Å². The first-order valence-corrected chi connectivity index (χ1v) is 9.59. The third-order valence-corrected chi connectivity index (χ3v) is 4.96. The zero-order valence-corrected chi connectivity index (χ0v) is 16.4. The van der Waals surface area contributed by atoms with E-state index in [1.54, 1.807) is 24.3 Å². The van der Waals surface area contributed by atoms with Gasteiger partial charge in [0.25, 0.3) is 5.91 Å². The minimum absolute atomic E-state index is 0.0831. The number of hydrogen-bond acceptors (Lipinski definition) is 8. The number of rotatable bonds is 5. The number of carbonyl (C=O) groups excluding carboxylic acids is 1. The van der Waals surface area contributed by atoms with Gasteiger partial charge < -0.3 is 30.6 Å². The molecule has 1 aromatic carbocycles. The average Bonchev–Trinajstić information content (AvgIpc) is 3.20. The van der Waals surface area contributed by atoms with Gasteiger partial charge in [-0.15, -0.1) is 0 Å². The Hall–Kier alpha value is -3.29. The number of anilines is 1. The smallest absolute Gasteiger partial charge is 0.388 e. The highest BCUT2D eigenvalue weighted by molar-refractivity contribution is 5.94. The monoisotopic (exact) mass is 452 g/mol.